The summed E-state index contributed by atoms with van der Waals surface area (Å²) in [5.74, 6) is 0.689. The standard InChI is InChI=1S/C9H19N3O3S/c1-8-7-16(14,15)6-5-12(8)4-2-3-9(10)11-13/h8,13H,2-7H2,1H3,(H2,10,11). The average Bonchev–Trinajstić information content (AvgIpc) is 2.20. The van der Waals surface area contributed by atoms with Gasteiger partial charge in [0, 0.05) is 19.0 Å². The van der Waals surface area contributed by atoms with Crippen LogP contribution in [0, 0.1) is 0 Å². The zero-order chi connectivity index (χ0) is 12.2. The molecule has 1 rings (SSSR count). The smallest absolute Gasteiger partial charge is 0.153 e. The maximum absolute atomic E-state index is 11.3. The van der Waals surface area contributed by atoms with Gasteiger partial charge in [0.25, 0.3) is 0 Å². The van der Waals surface area contributed by atoms with Crippen molar-refractivity contribution in [2.75, 3.05) is 24.6 Å². The highest BCUT2D eigenvalue weighted by atomic mass is 32.2. The van der Waals surface area contributed by atoms with E-state index in [2.05, 4.69) is 10.1 Å². The molecule has 1 fully saturated rings. The lowest BCUT2D eigenvalue weighted by Gasteiger charge is -2.32. The molecule has 16 heavy (non-hydrogen) atoms. The van der Waals surface area contributed by atoms with Crippen molar-refractivity contribution in [3.63, 3.8) is 0 Å². The Bertz CT molecular complexity index is 353. The summed E-state index contributed by atoms with van der Waals surface area (Å²) in [4.78, 5) is 2.13. The number of sulfone groups is 1. The van der Waals surface area contributed by atoms with Gasteiger partial charge in [0.05, 0.1) is 11.5 Å². The van der Waals surface area contributed by atoms with E-state index in [1.807, 2.05) is 6.92 Å². The van der Waals surface area contributed by atoms with E-state index in [0.29, 0.717) is 13.0 Å². The second-order valence-electron chi connectivity index (χ2n) is 4.19. The maximum Gasteiger partial charge on any atom is 0.153 e. The molecule has 6 nitrogen and oxygen atoms in total. The fourth-order valence-corrected chi connectivity index (χ4v) is 3.50. The van der Waals surface area contributed by atoms with Crippen molar-refractivity contribution in [1.82, 2.24) is 4.90 Å². The molecule has 94 valence electrons. The number of oxime groups is 1. The first kappa shape index (κ1) is 13.2. The average molecular weight is 249 g/mol. The van der Waals surface area contributed by atoms with Gasteiger partial charge in [-0.25, -0.2) is 8.42 Å². The quantitative estimate of drug-likeness (QED) is 0.307. The predicted octanol–water partition coefficient (Wildman–Crippen LogP) is -0.368. The lowest BCUT2D eigenvalue weighted by molar-refractivity contribution is 0.225. The molecule has 1 unspecified atom stereocenters. The van der Waals surface area contributed by atoms with Gasteiger partial charge in [-0.15, -0.1) is 0 Å². The minimum absolute atomic E-state index is 0.0611. The van der Waals surface area contributed by atoms with Gasteiger partial charge in [-0.05, 0) is 19.9 Å². The summed E-state index contributed by atoms with van der Waals surface area (Å²) in [7, 11) is -2.84. The normalized spacial score (nSPS) is 26.8. The highest BCUT2D eigenvalue weighted by Gasteiger charge is 2.27. The summed E-state index contributed by atoms with van der Waals surface area (Å²) in [6.07, 6.45) is 1.31. The van der Waals surface area contributed by atoms with Gasteiger partial charge in [-0.1, -0.05) is 5.16 Å². The van der Waals surface area contributed by atoms with Crippen molar-refractivity contribution < 1.29 is 13.6 Å². The fourth-order valence-electron chi connectivity index (χ4n) is 1.88. The molecule has 0 aliphatic carbocycles. The summed E-state index contributed by atoms with van der Waals surface area (Å²) in [5.41, 5.74) is 5.35. The lowest BCUT2D eigenvalue weighted by Crippen LogP contribution is -2.47. The molecule has 1 aliphatic heterocycles. The predicted molar refractivity (Wildman–Crippen MR) is 62.3 cm³/mol. The van der Waals surface area contributed by atoms with Crippen LogP contribution in [-0.4, -0.2) is 55.0 Å². The molecule has 0 aromatic rings. The Morgan fingerprint density at radius 2 is 2.31 bits per heavy atom. The number of nitrogens with two attached hydrogens (primary N) is 1. The Balaban J connectivity index is 2.34. The topological polar surface area (TPSA) is 96.0 Å². The highest BCUT2D eigenvalue weighted by molar-refractivity contribution is 7.91. The fraction of sp³-hybridized carbons (Fsp3) is 0.889. The van der Waals surface area contributed by atoms with Crippen LogP contribution in [0.5, 0.6) is 0 Å². The van der Waals surface area contributed by atoms with Crippen molar-refractivity contribution in [2.45, 2.75) is 25.8 Å². The SMILES string of the molecule is CC1CS(=O)(=O)CCN1CCCC(N)=NO. The Labute approximate surface area is 96.0 Å². The van der Waals surface area contributed by atoms with Gasteiger partial charge in [-0.2, -0.15) is 0 Å². The van der Waals surface area contributed by atoms with Gasteiger partial charge < -0.3 is 10.9 Å². The van der Waals surface area contributed by atoms with Crippen molar-refractivity contribution >= 4 is 15.7 Å². The second-order valence-corrected chi connectivity index (χ2v) is 6.42. The molecule has 1 aliphatic rings. The molecular formula is C9H19N3O3S. The van der Waals surface area contributed by atoms with Gasteiger partial charge >= 0.3 is 0 Å². The van der Waals surface area contributed by atoms with E-state index >= 15 is 0 Å². The number of hydrogen-bond donors (Lipinski definition) is 2. The van der Waals surface area contributed by atoms with Crippen LogP contribution in [0.15, 0.2) is 5.16 Å². The third kappa shape index (κ3) is 3.97. The third-order valence-corrected chi connectivity index (χ3v) is 4.61. The lowest BCUT2D eigenvalue weighted by atomic mass is 10.2. The molecular weight excluding hydrogens is 230 g/mol. The third-order valence-electron chi connectivity index (χ3n) is 2.81. The van der Waals surface area contributed by atoms with Crippen LogP contribution in [-0.2, 0) is 9.84 Å². The summed E-state index contributed by atoms with van der Waals surface area (Å²) < 4.78 is 22.7. The minimum Gasteiger partial charge on any atom is -0.409 e. The van der Waals surface area contributed by atoms with Gasteiger partial charge in [0.2, 0.25) is 0 Å². The molecule has 1 atom stereocenters. The first-order chi connectivity index (χ1) is 7.44. The number of hydrogen-bond acceptors (Lipinski definition) is 5. The van der Waals surface area contributed by atoms with E-state index < -0.39 is 9.84 Å². The van der Waals surface area contributed by atoms with E-state index in [0.717, 1.165) is 13.0 Å². The van der Waals surface area contributed by atoms with Crippen LogP contribution < -0.4 is 5.73 Å². The Hall–Kier alpha value is -0.820. The van der Waals surface area contributed by atoms with Crippen molar-refractivity contribution in [2.24, 2.45) is 10.9 Å². The molecule has 0 radical (unpaired) electrons. The number of rotatable bonds is 4. The molecule has 0 spiro atoms. The molecule has 0 saturated carbocycles. The summed E-state index contributed by atoms with van der Waals surface area (Å²) in [5, 5.41) is 11.3. The molecule has 1 saturated heterocycles. The van der Waals surface area contributed by atoms with Crippen LogP contribution in [0.2, 0.25) is 0 Å². The van der Waals surface area contributed by atoms with Crippen LogP contribution in [0.3, 0.4) is 0 Å². The van der Waals surface area contributed by atoms with Crippen LogP contribution in [0.1, 0.15) is 19.8 Å². The number of amidine groups is 1. The maximum atomic E-state index is 11.3. The molecule has 0 amide bonds. The summed E-state index contributed by atoms with van der Waals surface area (Å²) in [6.45, 7) is 3.28. The molecule has 0 aromatic carbocycles. The molecule has 3 N–H and O–H groups in total. The molecule has 7 heteroatoms. The molecule has 1 heterocycles. The second kappa shape index (κ2) is 5.49. The van der Waals surface area contributed by atoms with Gasteiger partial charge in [-0.3, -0.25) is 4.90 Å². The Kier molecular flexibility index (Phi) is 4.55. The van der Waals surface area contributed by atoms with Crippen molar-refractivity contribution in [3.05, 3.63) is 0 Å². The van der Waals surface area contributed by atoms with Crippen molar-refractivity contribution in [1.29, 1.82) is 0 Å². The monoisotopic (exact) mass is 249 g/mol. The van der Waals surface area contributed by atoms with Crippen LogP contribution in [0.25, 0.3) is 0 Å². The summed E-state index contributed by atoms with van der Waals surface area (Å²) >= 11 is 0. The minimum atomic E-state index is -2.84. The van der Waals surface area contributed by atoms with E-state index in [1.165, 1.54) is 0 Å². The number of nitrogens with zero attached hydrogens (tertiary/aromatic N) is 2. The first-order valence-corrected chi connectivity index (χ1v) is 7.17. The van der Waals surface area contributed by atoms with E-state index in [-0.39, 0.29) is 23.4 Å². The Morgan fingerprint density at radius 1 is 1.62 bits per heavy atom. The van der Waals surface area contributed by atoms with Crippen LogP contribution in [0.4, 0.5) is 0 Å². The first-order valence-electron chi connectivity index (χ1n) is 5.35. The Morgan fingerprint density at radius 3 is 2.88 bits per heavy atom. The summed E-state index contributed by atoms with van der Waals surface area (Å²) in [6, 6.07) is 0.0611. The van der Waals surface area contributed by atoms with Gasteiger partial charge in [0.1, 0.15) is 5.84 Å². The molecule has 0 bridgehead atoms. The van der Waals surface area contributed by atoms with E-state index in [4.69, 9.17) is 10.9 Å². The van der Waals surface area contributed by atoms with Crippen molar-refractivity contribution in [3.8, 4) is 0 Å². The van der Waals surface area contributed by atoms with E-state index in [1.54, 1.807) is 0 Å². The van der Waals surface area contributed by atoms with E-state index in [9.17, 15) is 8.42 Å². The zero-order valence-corrected chi connectivity index (χ0v) is 10.3. The largest absolute Gasteiger partial charge is 0.409 e. The highest BCUT2D eigenvalue weighted by Crippen LogP contribution is 2.12. The molecule has 0 aromatic heterocycles. The zero-order valence-electron chi connectivity index (χ0n) is 9.46. The van der Waals surface area contributed by atoms with Gasteiger partial charge in [0.15, 0.2) is 9.84 Å². The van der Waals surface area contributed by atoms with Crippen LogP contribution >= 0.6 is 0 Å².